The van der Waals surface area contributed by atoms with Crippen LogP contribution in [0.3, 0.4) is 0 Å². The van der Waals surface area contributed by atoms with E-state index < -0.39 is 0 Å². The lowest BCUT2D eigenvalue weighted by molar-refractivity contribution is -0.114. The summed E-state index contributed by atoms with van der Waals surface area (Å²) < 4.78 is 10.9. The number of ether oxygens (including phenoxy) is 2. The molecule has 5 heteroatoms. The van der Waals surface area contributed by atoms with Crippen molar-refractivity contribution in [2.75, 3.05) is 30.9 Å². The fourth-order valence-corrected chi connectivity index (χ4v) is 2.10. The van der Waals surface area contributed by atoms with Crippen molar-refractivity contribution < 1.29 is 14.3 Å². The normalized spacial score (nSPS) is 10.3. The van der Waals surface area contributed by atoms with Gasteiger partial charge in [0.15, 0.2) is 0 Å². The van der Waals surface area contributed by atoms with Crippen LogP contribution in [-0.4, -0.2) is 26.2 Å². The van der Waals surface area contributed by atoms with Crippen LogP contribution < -0.4 is 20.1 Å². The lowest BCUT2D eigenvalue weighted by Gasteiger charge is -2.12. The van der Waals surface area contributed by atoms with Crippen LogP contribution in [-0.2, 0) is 4.79 Å². The number of nitrogens with one attached hydrogen (secondary N) is 2. The average Bonchev–Trinajstić information content (AvgIpc) is 2.58. The predicted octanol–water partition coefficient (Wildman–Crippen LogP) is 3.78. The number of anilines is 2. The summed E-state index contributed by atoms with van der Waals surface area (Å²) in [6, 6.07) is 14.9. The molecule has 2 aromatic rings. The predicted molar refractivity (Wildman–Crippen MR) is 96.9 cm³/mol. The molecule has 1 amide bonds. The van der Waals surface area contributed by atoms with Gasteiger partial charge in [0.05, 0.1) is 25.9 Å². The first-order chi connectivity index (χ1) is 11.6. The third-order valence-electron chi connectivity index (χ3n) is 3.25. The summed E-state index contributed by atoms with van der Waals surface area (Å²) in [4.78, 5) is 12.1. The van der Waals surface area contributed by atoms with Crippen molar-refractivity contribution in [2.45, 2.75) is 13.8 Å². The molecule has 0 bridgehead atoms. The zero-order chi connectivity index (χ0) is 17.4. The Morgan fingerprint density at radius 1 is 1.12 bits per heavy atom. The Morgan fingerprint density at radius 2 is 1.92 bits per heavy atom. The van der Waals surface area contributed by atoms with Gasteiger partial charge in [-0.2, -0.15) is 0 Å². The van der Waals surface area contributed by atoms with E-state index in [4.69, 9.17) is 9.47 Å². The number of carbonyl (C=O) groups excluding carboxylic acids is 1. The molecule has 0 unspecified atom stereocenters. The summed E-state index contributed by atoms with van der Waals surface area (Å²) in [6.07, 6.45) is 0. The maximum absolute atomic E-state index is 12.1. The van der Waals surface area contributed by atoms with Crippen molar-refractivity contribution in [3.05, 3.63) is 48.5 Å². The second-order valence-electron chi connectivity index (χ2n) is 5.83. The molecule has 128 valence electrons. The van der Waals surface area contributed by atoms with Gasteiger partial charge in [-0.25, -0.2) is 0 Å². The summed E-state index contributed by atoms with van der Waals surface area (Å²) in [7, 11) is 1.60. The largest absolute Gasteiger partial charge is 0.495 e. The minimum atomic E-state index is -0.137. The van der Waals surface area contributed by atoms with E-state index in [0.717, 1.165) is 11.4 Å². The molecule has 0 saturated heterocycles. The van der Waals surface area contributed by atoms with Crippen LogP contribution >= 0.6 is 0 Å². The van der Waals surface area contributed by atoms with Crippen LogP contribution in [0.4, 0.5) is 11.4 Å². The minimum Gasteiger partial charge on any atom is -0.495 e. The summed E-state index contributed by atoms with van der Waals surface area (Å²) in [5.41, 5.74) is 1.49. The van der Waals surface area contributed by atoms with Crippen LogP contribution in [0.5, 0.6) is 11.5 Å². The van der Waals surface area contributed by atoms with E-state index >= 15 is 0 Å². The van der Waals surface area contributed by atoms with Gasteiger partial charge in [-0.3, -0.25) is 4.79 Å². The van der Waals surface area contributed by atoms with Crippen LogP contribution in [0.15, 0.2) is 48.5 Å². The lowest BCUT2D eigenvalue weighted by atomic mass is 10.2. The summed E-state index contributed by atoms with van der Waals surface area (Å²) in [5.74, 6) is 1.77. The van der Waals surface area contributed by atoms with Gasteiger partial charge >= 0.3 is 0 Å². The first-order valence-electron chi connectivity index (χ1n) is 7.98. The Kier molecular flexibility index (Phi) is 6.49. The van der Waals surface area contributed by atoms with Gasteiger partial charge in [-0.05, 0) is 30.2 Å². The molecular weight excluding hydrogens is 304 g/mol. The third kappa shape index (κ3) is 5.50. The van der Waals surface area contributed by atoms with E-state index in [2.05, 4.69) is 24.5 Å². The molecule has 0 aliphatic rings. The number of carbonyl (C=O) groups is 1. The molecule has 0 fully saturated rings. The molecule has 0 atom stereocenters. The van der Waals surface area contributed by atoms with Gasteiger partial charge in [0.2, 0.25) is 5.91 Å². The molecule has 0 spiro atoms. The summed E-state index contributed by atoms with van der Waals surface area (Å²) >= 11 is 0. The number of rotatable bonds is 8. The van der Waals surface area contributed by atoms with Crippen molar-refractivity contribution in [2.24, 2.45) is 5.92 Å². The van der Waals surface area contributed by atoms with Crippen LogP contribution in [0.1, 0.15) is 13.8 Å². The quantitative estimate of drug-likeness (QED) is 0.774. The highest BCUT2D eigenvalue weighted by atomic mass is 16.5. The molecule has 5 nitrogen and oxygen atoms in total. The molecule has 0 aliphatic heterocycles. The van der Waals surface area contributed by atoms with E-state index in [9.17, 15) is 4.79 Å². The highest BCUT2D eigenvalue weighted by Gasteiger charge is 2.06. The van der Waals surface area contributed by atoms with Crippen molar-refractivity contribution in [3.8, 4) is 11.5 Å². The van der Waals surface area contributed by atoms with E-state index in [1.54, 1.807) is 7.11 Å². The average molecular weight is 328 g/mol. The fourth-order valence-electron chi connectivity index (χ4n) is 2.10. The molecule has 0 aromatic heterocycles. The van der Waals surface area contributed by atoms with Crippen LogP contribution in [0.2, 0.25) is 0 Å². The Bertz CT molecular complexity index is 671. The molecule has 2 N–H and O–H groups in total. The van der Waals surface area contributed by atoms with Gasteiger partial charge < -0.3 is 20.1 Å². The highest BCUT2D eigenvalue weighted by Crippen LogP contribution is 2.23. The van der Waals surface area contributed by atoms with Crippen molar-refractivity contribution in [3.63, 3.8) is 0 Å². The first kappa shape index (κ1) is 17.7. The number of para-hydroxylation sites is 2. The van der Waals surface area contributed by atoms with Gasteiger partial charge in [0.1, 0.15) is 11.5 Å². The number of hydrogen-bond donors (Lipinski definition) is 2. The minimum absolute atomic E-state index is 0.137. The van der Waals surface area contributed by atoms with Gasteiger partial charge in [0.25, 0.3) is 0 Å². The molecule has 24 heavy (non-hydrogen) atoms. The Morgan fingerprint density at radius 3 is 2.67 bits per heavy atom. The smallest absolute Gasteiger partial charge is 0.243 e. The number of benzene rings is 2. The zero-order valence-corrected chi connectivity index (χ0v) is 14.3. The van der Waals surface area contributed by atoms with E-state index in [1.165, 1.54) is 0 Å². The van der Waals surface area contributed by atoms with Gasteiger partial charge in [0, 0.05) is 11.8 Å². The van der Waals surface area contributed by atoms with Gasteiger partial charge in [-0.15, -0.1) is 0 Å². The topological polar surface area (TPSA) is 59.6 Å². The molecule has 0 saturated carbocycles. The molecular formula is C19H24N2O3. The SMILES string of the molecule is COc1ccccc1NCC(=O)Nc1cccc(OCC(C)C)c1. The number of hydrogen-bond acceptors (Lipinski definition) is 4. The first-order valence-corrected chi connectivity index (χ1v) is 7.98. The number of amides is 1. The molecule has 0 aliphatic carbocycles. The second kappa shape index (κ2) is 8.82. The highest BCUT2D eigenvalue weighted by molar-refractivity contribution is 5.94. The van der Waals surface area contributed by atoms with Crippen LogP contribution in [0, 0.1) is 5.92 Å². The van der Waals surface area contributed by atoms with Crippen molar-refractivity contribution in [1.82, 2.24) is 0 Å². The lowest BCUT2D eigenvalue weighted by Crippen LogP contribution is -2.22. The zero-order valence-electron chi connectivity index (χ0n) is 14.3. The third-order valence-corrected chi connectivity index (χ3v) is 3.25. The second-order valence-corrected chi connectivity index (χ2v) is 5.83. The summed E-state index contributed by atoms with van der Waals surface area (Å²) in [6.45, 7) is 4.98. The standard InChI is InChI=1S/C19H24N2O3/c1-14(2)13-24-16-8-6-7-15(11-16)21-19(22)12-20-17-9-4-5-10-18(17)23-3/h4-11,14,20H,12-13H2,1-3H3,(H,21,22). The maximum atomic E-state index is 12.1. The van der Waals surface area contributed by atoms with Gasteiger partial charge in [-0.1, -0.05) is 32.0 Å². The fraction of sp³-hybridized carbons (Fsp3) is 0.316. The maximum Gasteiger partial charge on any atom is 0.243 e. The van der Waals surface area contributed by atoms with E-state index in [0.29, 0.717) is 24.0 Å². The van der Waals surface area contributed by atoms with E-state index in [1.807, 2.05) is 48.5 Å². The Balaban J connectivity index is 1.89. The molecule has 2 rings (SSSR count). The number of methoxy groups -OCH3 is 1. The Hall–Kier alpha value is -2.69. The van der Waals surface area contributed by atoms with Crippen molar-refractivity contribution in [1.29, 1.82) is 0 Å². The molecule has 2 aromatic carbocycles. The summed E-state index contributed by atoms with van der Waals surface area (Å²) in [5, 5.41) is 5.93. The molecule has 0 radical (unpaired) electrons. The van der Waals surface area contributed by atoms with Crippen molar-refractivity contribution >= 4 is 17.3 Å². The molecule has 0 heterocycles. The monoisotopic (exact) mass is 328 g/mol. The van der Waals surface area contributed by atoms with E-state index in [-0.39, 0.29) is 12.5 Å². The van der Waals surface area contributed by atoms with Crippen LogP contribution in [0.25, 0.3) is 0 Å². The Labute approximate surface area is 143 Å².